The molecule has 3 rings (SSSR count). The van der Waals surface area contributed by atoms with Crippen LogP contribution in [0, 0.1) is 0 Å². The van der Waals surface area contributed by atoms with Gasteiger partial charge in [-0.2, -0.15) is 0 Å². The number of carbonyl (C=O) groups is 3. The maximum atomic E-state index is 12.6. The summed E-state index contributed by atoms with van der Waals surface area (Å²) in [5.74, 6) is -1.46. The number of nitrogens with zero attached hydrogens (tertiary/aromatic N) is 1. The van der Waals surface area contributed by atoms with E-state index in [1.54, 1.807) is 13.8 Å². The highest BCUT2D eigenvalue weighted by Gasteiger charge is 2.37. The van der Waals surface area contributed by atoms with Gasteiger partial charge in [0.25, 0.3) is 0 Å². The molecule has 1 aliphatic rings. The fraction of sp³-hybridized carbons (Fsp3) is 0.400. The lowest BCUT2D eigenvalue weighted by molar-refractivity contribution is -0.156. The van der Waals surface area contributed by atoms with Crippen LogP contribution >= 0.6 is 0 Å². The third-order valence-corrected chi connectivity index (χ3v) is 6.00. The summed E-state index contributed by atoms with van der Waals surface area (Å²) in [6.45, 7) is 6.84. The van der Waals surface area contributed by atoms with E-state index >= 15 is 0 Å². The van der Waals surface area contributed by atoms with Crippen LogP contribution < -0.4 is 5.32 Å². The van der Waals surface area contributed by atoms with E-state index in [2.05, 4.69) is 17.4 Å². The molecule has 0 spiro atoms. The predicted molar refractivity (Wildman–Crippen MR) is 121 cm³/mol. The topological polar surface area (TPSA) is 95.9 Å². The molecule has 0 saturated carbocycles. The first-order chi connectivity index (χ1) is 15.2. The number of carboxylic acids is 1. The summed E-state index contributed by atoms with van der Waals surface area (Å²) in [4.78, 5) is 37.8. The molecular weight excluding hydrogens is 408 g/mol. The van der Waals surface area contributed by atoms with Crippen molar-refractivity contribution in [3.05, 3.63) is 59.7 Å². The van der Waals surface area contributed by atoms with Gasteiger partial charge in [0.05, 0.1) is 0 Å². The summed E-state index contributed by atoms with van der Waals surface area (Å²) in [6, 6.07) is 15.7. The molecule has 7 heteroatoms. The number of rotatable bonds is 8. The molecule has 0 aromatic heterocycles. The van der Waals surface area contributed by atoms with Gasteiger partial charge in [-0.15, -0.1) is 0 Å². The summed E-state index contributed by atoms with van der Waals surface area (Å²) in [6.07, 6.45) is -0.623. The molecule has 0 fully saturated rings. The van der Waals surface area contributed by atoms with E-state index in [9.17, 15) is 19.5 Å². The monoisotopic (exact) mass is 438 g/mol. The van der Waals surface area contributed by atoms with E-state index in [1.807, 2.05) is 36.4 Å². The first-order valence-corrected chi connectivity index (χ1v) is 10.8. The van der Waals surface area contributed by atoms with E-state index in [-0.39, 0.29) is 31.4 Å². The van der Waals surface area contributed by atoms with E-state index in [0.717, 1.165) is 22.3 Å². The zero-order valence-electron chi connectivity index (χ0n) is 18.9. The average molecular weight is 439 g/mol. The molecule has 1 unspecified atom stereocenters. The Kier molecular flexibility index (Phi) is 6.87. The number of benzene rings is 2. The molecule has 32 heavy (non-hydrogen) atoms. The largest absolute Gasteiger partial charge is 0.480 e. The maximum Gasteiger partial charge on any atom is 0.407 e. The van der Waals surface area contributed by atoms with Crippen LogP contribution in [-0.4, -0.2) is 52.7 Å². The summed E-state index contributed by atoms with van der Waals surface area (Å²) < 4.78 is 5.52. The van der Waals surface area contributed by atoms with Crippen molar-refractivity contribution < 1.29 is 24.2 Å². The molecule has 2 aromatic carbocycles. The summed E-state index contributed by atoms with van der Waals surface area (Å²) >= 11 is 0. The quantitative estimate of drug-likeness (QED) is 0.649. The summed E-state index contributed by atoms with van der Waals surface area (Å²) in [5.41, 5.74) is 3.22. The Balaban J connectivity index is 1.58. The van der Waals surface area contributed by atoms with Gasteiger partial charge in [-0.1, -0.05) is 48.5 Å². The molecule has 170 valence electrons. The molecule has 0 bridgehead atoms. The van der Waals surface area contributed by atoms with Gasteiger partial charge in [0.15, 0.2) is 0 Å². The SMILES string of the molecule is CCN(C(=O)CC(C)NC(=O)OCC1c2ccccc2-c2ccccc21)C(C)(C)C(=O)O. The van der Waals surface area contributed by atoms with Gasteiger partial charge in [0.2, 0.25) is 5.91 Å². The number of ether oxygens (including phenoxy) is 1. The lowest BCUT2D eigenvalue weighted by Gasteiger charge is -2.35. The minimum absolute atomic E-state index is 0.0191. The Hall–Kier alpha value is -3.35. The second-order valence-corrected chi connectivity index (χ2v) is 8.58. The molecule has 2 N–H and O–H groups in total. The maximum absolute atomic E-state index is 12.6. The van der Waals surface area contributed by atoms with Crippen molar-refractivity contribution in [1.29, 1.82) is 0 Å². The van der Waals surface area contributed by atoms with Crippen LogP contribution in [-0.2, 0) is 14.3 Å². The molecule has 1 aliphatic carbocycles. The molecule has 0 aliphatic heterocycles. The van der Waals surface area contributed by atoms with Crippen LogP contribution in [0.3, 0.4) is 0 Å². The Morgan fingerprint density at radius 2 is 1.59 bits per heavy atom. The lowest BCUT2D eigenvalue weighted by Crippen LogP contribution is -2.54. The number of hydrogen-bond acceptors (Lipinski definition) is 4. The van der Waals surface area contributed by atoms with Crippen molar-refractivity contribution in [2.24, 2.45) is 0 Å². The predicted octanol–water partition coefficient (Wildman–Crippen LogP) is 4.02. The first kappa shape index (κ1) is 23.3. The number of fused-ring (bicyclic) bond motifs is 3. The highest BCUT2D eigenvalue weighted by Crippen LogP contribution is 2.44. The van der Waals surface area contributed by atoms with Crippen molar-refractivity contribution in [2.75, 3.05) is 13.2 Å². The van der Waals surface area contributed by atoms with Crippen molar-refractivity contribution in [2.45, 2.75) is 51.6 Å². The van der Waals surface area contributed by atoms with Crippen molar-refractivity contribution in [3.63, 3.8) is 0 Å². The van der Waals surface area contributed by atoms with Crippen molar-refractivity contribution in [3.8, 4) is 11.1 Å². The number of hydrogen-bond donors (Lipinski definition) is 2. The highest BCUT2D eigenvalue weighted by atomic mass is 16.5. The van der Waals surface area contributed by atoms with E-state index in [0.29, 0.717) is 0 Å². The molecular formula is C25H30N2O5. The van der Waals surface area contributed by atoms with Gasteiger partial charge in [-0.05, 0) is 49.9 Å². The number of nitrogens with one attached hydrogen (secondary N) is 1. The van der Waals surface area contributed by atoms with Gasteiger partial charge in [0, 0.05) is 24.9 Å². The van der Waals surface area contributed by atoms with Gasteiger partial charge in [-0.25, -0.2) is 9.59 Å². The molecule has 7 nitrogen and oxygen atoms in total. The number of likely N-dealkylation sites (N-methyl/N-ethyl adjacent to an activating group) is 1. The van der Waals surface area contributed by atoms with Crippen LogP contribution in [0.25, 0.3) is 11.1 Å². The fourth-order valence-electron chi connectivity index (χ4n) is 4.26. The third kappa shape index (κ3) is 4.61. The number of carboxylic acid groups (broad SMARTS) is 1. The zero-order valence-corrected chi connectivity index (χ0v) is 18.9. The molecule has 2 amide bonds. The Labute approximate surface area is 188 Å². The van der Waals surface area contributed by atoms with Gasteiger partial charge in [-0.3, -0.25) is 4.79 Å². The molecule has 2 aromatic rings. The van der Waals surface area contributed by atoms with Crippen LogP contribution in [0.5, 0.6) is 0 Å². The third-order valence-electron chi connectivity index (χ3n) is 6.00. The minimum atomic E-state index is -1.32. The second kappa shape index (κ2) is 9.42. The standard InChI is InChI=1S/C25H30N2O5/c1-5-27(25(3,4)23(29)30)22(28)14-16(2)26-24(31)32-15-21-19-12-8-6-10-17(19)18-11-7-9-13-20(18)21/h6-13,16,21H,5,14-15H2,1-4H3,(H,26,31)(H,29,30). The molecule has 1 atom stereocenters. The minimum Gasteiger partial charge on any atom is -0.480 e. The summed E-state index contributed by atoms with van der Waals surface area (Å²) in [7, 11) is 0. The Bertz CT molecular complexity index is 971. The molecule has 0 heterocycles. The van der Waals surface area contributed by atoms with Gasteiger partial charge in [0.1, 0.15) is 12.1 Å². The van der Waals surface area contributed by atoms with Crippen LogP contribution in [0.15, 0.2) is 48.5 Å². The summed E-state index contributed by atoms with van der Waals surface area (Å²) in [5, 5.41) is 12.1. The smallest absolute Gasteiger partial charge is 0.407 e. The van der Waals surface area contributed by atoms with Crippen LogP contribution in [0.4, 0.5) is 4.79 Å². The number of carbonyl (C=O) groups excluding carboxylic acids is 2. The Morgan fingerprint density at radius 1 is 1.06 bits per heavy atom. The second-order valence-electron chi connectivity index (χ2n) is 8.58. The first-order valence-electron chi connectivity index (χ1n) is 10.8. The number of amides is 2. The zero-order chi connectivity index (χ0) is 23.5. The van der Waals surface area contributed by atoms with E-state index < -0.39 is 23.6 Å². The van der Waals surface area contributed by atoms with Crippen molar-refractivity contribution in [1.82, 2.24) is 10.2 Å². The van der Waals surface area contributed by atoms with Gasteiger partial charge >= 0.3 is 12.1 Å². The fourth-order valence-corrected chi connectivity index (χ4v) is 4.26. The van der Waals surface area contributed by atoms with E-state index in [1.165, 1.54) is 18.7 Å². The highest BCUT2D eigenvalue weighted by molar-refractivity contribution is 5.87. The molecule has 0 saturated heterocycles. The normalized spacial score (nSPS) is 13.6. The van der Waals surface area contributed by atoms with E-state index in [4.69, 9.17) is 4.74 Å². The van der Waals surface area contributed by atoms with Crippen LogP contribution in [0.2, 0.25) is 0 Å². The van der Waals surface area contributed by atoms with Gasteiger partial charge < -0.3 is 20.1 Å². The Morgan fingerprint density at radius 3 is 2.09 bits per heavy atom. The lowest BCUT2D eigenvalue weighted by atomic mass is 9.98. The number of alkyl carbamates (subject to hydrolysis) is 1. The van der Waals surface area contributed by atoms with Crippen molar-refractivity contribution >= 4 is 18.0 Å². The molecule has 0 radical (unpaired) electrons. The average Bonchev–Trinajstić information content (AvgIpc) is 3.06. The van der Waals surface area contributed by atoms with Crippen LogP contribution in [0.1, 0.15) is 51.2 Å². The number of aliphatic carboxylic acids is 1.